The quantitative estimate of drug-likeness (QED) is 0.915. The number of nitrogens with zero attached hydrogens (tertiary/aromatic N) is 1. The Morgan fingerprint density at radius 1 is 1.26 bits per heavy atom. The third-order valence-corrected chi connectivity index (χ3v) is 6.56. The van der Waals surface area contributed by atoms with E-state index >= 15 is 0 Å². The summed E-state index contributed by atoms with van der Waals surface area (Å²) in [6, 6.07) is 7.88. The van der Waals surface area contributed by atoms with Gasteiger partial charge in [0.1, 0.15) is 5.75 Å². The fourth-order valence-corrected chi connectivity index (χ4v) is 5.36. The van der Waals surface area contributed by atoms with Crippen LogP contribution in [0.15, 0.2) is 24.4 Å². The lowest BCUT2D eigenvalue weighted by Gasteiger charge is -2.35. The molecule has 0 amide bonds. The van der Waals surface area contributed by atoms with E-state index in [1.807, 2.05) is 6.07 Å². The molecule has 2 saturated heterocycles. The number of benzene rings is 1. The Balaban J connectivity index is 1.54. The average Bonchev–Trinajstić information content (AvgIpc) is 3.23. The lowest BCUT2D eigenvalue weighted by molar-refractivity contribution is 0.168. The van der Waals surface area contributed by atoms with Crippen LogP contribution in [0.1, 0.15) is 31.2 Å². The summed E-state index contributed by atoms with van der Waals surface area (Å²) in [4.78, 5) is 6.25. The molecule has 0 aliphatic carbocycles. The van der Waals surface area contributed by atoms with Crippen LogP contribution in [0.5, 0.6) is 5.75 Å². The molecule has 4 rings (SSSR count). The Morgan fingerprint density at radius 3 is 2.96 bits per heavy atom. The summed E-state index contributed by atoms with van der Waals surface area (Å²) in [5.41, 5.74) is 2.67. The molecule has 124 valence electrons. The second-order valence-corrected chi connectivity index (χ2v) is 8.03. The maximum atomic E-state index is 5.41. The summed E-state index contributed by atoms with van der Waals surface area (Å²) in [5.74, 6) is 3.64. The van der Waals surface area contributed by atoms with Crippen LogP contribution < -0.4 is 4.74 Å². The molecule has 1 atom stereocenters. The molecule has 1 N–H and O–H groups in total. The normalized spacial score (nSPS) is 23.6. The third-order valence-electron chi connectivity index (χ3n) is 5.51. The summed E-state index contributed by atoms with van der Waals surface area (Å²) in [7, 11) is 1.74. The summed E-state index contributed by atoms with van der Waals surface area (Å²) in [6.07, 6.45) is 8.83. The van der Waals surface area contributed by atoms with Crippen LogP contribution in [0.2, 0.25) is 0 Å². The number of likely N-dealkylation sites (tertiary alicyclic amines) is 1. The topological polar surface area (TPSA) is 28.3 Å². The van der Waals surface area contributed by atoms with Gasteiger partial charge in [-0.15, -0.1) is 0 Å². The zero-order chi connectivity index (χ0) is 15.6. The van der Waals surface area contributed by atoms with Crippen LogP contribution in [0.4, 0.5) is 0 Å². The Labute approximate surface area is 142 Å². The predicted octanol–water partition coefficient (Wildman–Crippen LogP) is 4.08. The molecule has 2 aliphatic rings. The van der Waals surface area contributed by atoms with Gasteiger partial charge >= 0.3 is 0 Å². The molecule has 2 fully saturated rings. The smallest absolute Gasteiger partial charge is 0.119 e. The number of rotatable bonds is 4. The molecule has 0 saturated carbocycles. The van der Waals surface area contributed by atoms with E-state index in [1.165, 1.54) is 60.2 Å². The van der Waals surface area contributed by atoms with Crippen molar-refractivity contribution >= 4 is 22.7 Å². The molecular formula is C19H26N2OS. The molecule has 0 bridgehead atoms. The lowest BCUT2D eigenvalue weighted by atomic mass is 10.0. The minimum atomic E-state index is 0.716. The summed E-state index contributed by atoms with van der Waals surface area (Å²) in [6.45, 7) is 1.30. The lowest BCUT2D eigenvalue weighted by Crippen LogP contribution is -2.42. The number of methoxy groups -OCH3 is 1. The zero-order valence-electron chi connectivity index (χ0n) is 13.9. The van der Waals surface area contributed by atoms with E-state index in [9.17, 15) is 0 Å². The number of H-pyrrole nitrogens is 1. The van der Waals surface area contributed by atoms with Gasteiger partial charge in [-0.3, -0.25) is 4.90 Å². The van der Waals surface area contributed by atoms with Gasteiger partial charge in [0.05, 0.1) is 7.11 Å². The molecule has 0 radical (unpaired) electrons. The van der Waals surface area contributed by atoms with Crippen LogP contribution in [0, 0.1) is 0 Å². The first-order valence-corrected chi connectivity index (χ1v) is 9.98. The standard InChI is InChI=1S/C19H26N2OS/c1-22-17-4-5-19-18(12-17)14(13-20-19)11-16-3-2-8-21(16)15-6-9-23-10-7-15/h4-5,12-13,15-16,20H,2-3,6-11H2,1H3/t16-/m1/s1. The molecule has 1 aromatic carbocycles. The van der Waals surface area contributed by atoms with E-state index in [2.05, 4.69) is 40.0 Å². The maximum absolute atomic E-state index is 5.41. The summed E-state index contributed by atoms with van der Waals surface area (Å²) in [5, 5.41) is 1.33. The van der Waals surface area contributed by atoms with Gasteiger partial charge in [0.15, 0.2) is 0 Å². The van der Waals surface area contributed by atoms with Crippen molar-refractivity contribution in [1.29, 1.82) is 0 Å². The molecule has 3 heterocycles. The number of fused-ring (bicyclic) bond motifs is 1. The first-order chi connectivity index (χ1) is 11.3. The minimum Gasteiger partial charge on any atom is -0.497 e. The second kappa shape index (κ2) is 6.78. The van der Waals surface area contributed by atoms with Gasteiger partial charge in [-0.2, -0.15) is 11.8 Å². The van der Waals surface area contributed by atoms with Crippen molar-refractivity contribution in [2.45, 2.75) is 44.2 Å². The highest BCUT2D eigenvalue weighted by molar-refractivity contribution is 7.99. The molecule has 4 heteroatoms. The Morgan fingerprint density at radius 2 is 2.13 bits per heavy atom. The second-order valence-electron chi connectivity index (χ2n) is 6.81. The van der Waals surface area contributed by atoms with Gasteiger partial charge in [-0.05, 0) is 73.9 Å². The van der Waals surface area contributed by atoms with Crippen molar-refractivity contribution in [3.05, 3.63) is 30.0 Å². The highest BCUT2D eigenvalue weighted by Crippen LogP contribution is 2.32. The summed E-state index contributed by atoms with van der Waals surface area (Å²) >= 11 is 2.12. The largest absolute Gasteiger partial charge is 0.497 e. The van der Waals surface area contributed by atoms with Crippen LogP contribution in [0.25, 0.3) is 10.9 Å². The molecular weight excluding hydrogens is 304 g/mol. The Hall–Kier alpha value is -1.13. The van der Waals surface area contributed by atoms with Gasteiger partial charge in [0, 0.05) is 29.2 Å². The first kappa shape index (κ1) is 15.4. The molecule has 1 aromatic heterocycles. The van der Waals surface area contributed by atoms with Crippen molar-refractivity contribution in [2.75, 3.05) is 25.2 Å². The average molecular weight is 330 g/mol. The van der Waals surface area contributed by atoms with Crippen molar-refractivity contribution in [3.8, 4) is 5.75 Å². The predicted molar refractivity (Wildman–Crippen MR) is 98.6 cm³/mol. The molecule has 2 aliphatic heterocycles. The van der Waals surface area contributed by atoms with Crippen molar-refractivity contribution in [3.63, 3.8) is 0 Å². The van der Waals surface area contributed by atoms with Gasteiger partial charge in [0.25, 0.3) is 0 Å². The van der Waals surface area contributed by atoms with E-state index in [-0.39, 0.29) is 0 Å². The fourth-order valence-electron chi connectivity index (χ4n) is 4.28. The number of ether oxygens (including phenoxy) is 1. The summed E-state index contributed by atoms with van der Waals surface area (Å²) < 4.78 is 5.41. The minimum absolute atomic E-state index is 0.716. The zero-order valence-corrected chi connectivity index (χ0v) is 14.7. The third kappa shape index (κ3) is 3.11. The van der Waals surface area contributed by atoms with E-state index < -0.39 is 0 Å². The van der Waals surface area contributed by atoms with Crippen LogP contribution in [0.3, 0.4) is 0 Å². The van der Waals surface area contributed by atoms with Gasteiger partial charge in [0.2, 0.25) is 0 Å². The van der Waals surface area contributed by atoms with Gasteiger partial charge < -0.3 is 9.72 Å². The number of nitrogens with one attached hydrogen (secondary N) is 1. The van der Waals surface area contributed by atoms with Crippen LogP contribution in [-0.2, 0) is 6.42 Å². The Kier molecular flexibility index (Phi) is 4.54. The van der Waals surface area contributed by atoms with Gasteiger partial charge in [-0.25, -0.2) is 0 Å². The SMILES string of the molecule is COc1ccc2[nH]cc(C[C@H]3CCCN3C3CCSCC3)c2c1. The molecule has 0 spiro atoms. The number of hydrogen-bond acceptors (Lipinski definition) is 3. The number of hydrogen-bond donors (Lipinski definition) is 1. The van der Waals surface area contributed by atoms with E-state index in [1.54, 1.807) is 7.11 Å². The molecule has 23 heavy (non-hydrogen) atoms. The first-order valence-electron chi connectivity index (χ1n) is 8.82. The monoisotopic (exact) mass is 330 g/mol. The van der Waals surface area contributed by atoms with Crippen molar-refractivity contribution in [2.24, 2.45) is 0 Å². The van der Waals surface area contributed by atoms with Crippen molar-refractivity contribution < 1.29 is 4.74 Å². The molecule has 0 unspecified atom stereocenters. The van der Waals surface area contributed by atoms with Crippen molar-refractivity contribution in [1.82, 2.24) is 9.88 Å². The maximum Gasteiger partial charge on any atom is 0.119 e. The van der Waals surface area contributed by atoms with Gasteiger partial charge in [-0.1, -0.05) is 0 Å². The highest BCUT2D eigenvalue weighted by Gasteiger charge is 2.31. The number of thioether (sulfide) groups is 1. The highest BCUT2D eigenvalue weighted by atomic mass is 32.2. The Bertz CT molecular complexity index is 662. The molecule has 2 aromatic rings. The van der Waals surface area contributed by atoms with Crippen LogP contribution >= 0.6 is 11.8 Å². The number of aromatic amines is 1. The van der Waals surface area contributed by atoms with E-state index in [0.717, 1.165) is 18.2 Å². The van der Waals surface area contributed by atoms with Crippen LogP contribution in [-0.4, -0.2) is 47.1 Å². The number of aromatic nitrogens is 1. The van der Waals surface area contributed by atoms with E-state index in [0.29, 0.717) is 6.04 Å². The molecule has 3 nitrogen and oxygen atoms in total. The fraction of sp³-hybridized carbons (Fsp3) is 0.579. The van der Waals surface area contributed by atoms with E-state index in [4.69, 9.17) is 4.74 Å².